The van der Waals surface area contributed by atoms with Crippen LogP contribution in [0.2, 0.25) is 0 Å². The van der Waals surface area contributed by atoms with Crippen LogP contribution in [0.4, 0.5) is 23.7 Å². The molecule has 44 heavy (non-hydrogen) atoms. The lowest BCUT2D eigenvalue weighted by Gasteiger charge is -2.19. The molecule has 3 amide bonds. The fourth-order valence-corrected chi connectivity index (χ4v) is 5.39. The van der Waals surface area contributed by atoms with Crippen LogP contribution in [0.5, 0.6) is 11.5 Å². The van der Waals surface area contributed by atoms with Crippen molar-refractivity contribution in [3.63, 3.8) is 0 Å². The minimum atomic E-state index is -4.76. The number of thioether (sulfide) groups is 1. The number of methoxy groups -OCH3 is 1. The zero-order valence-corrected chi connectivity index (χ0v) is 24.6. The largest absolute Gasteiger partial charge is 0.573 e. The Kier molecular flexibility index (Phi) is 8.90. The van der Waals surface area contributed by atoms with Gasteiger partial charge in [0.25, 0.3) is 0 Å². The number of aliphatic imine (C=N–C) groups is 1. The first-order valence-corrected chi connectivity index (χ1v) is 14.3. The van der Waals surface area contributed by atoms with Gasteiger partial charge in [0.05, 0.1) is 24.2 Å². The van der Waals surface area contributed by atoms with E-state index in [-0.39, 0.29) is 23.5 Å². The number of aryl methyl sites for hydroxylation is 1. The monoisotopic (exact) mass is 624 g/mol. The summed E-state index contributed by atoms with van der Waals surface area (Å²) in [6, 6.07) is 17.3. The highest BCUT2D eigenvalue weighted by atomic mass is 32.2. The molecular weight excluding hydrogens is 597 g/mol. The van der Waals surface area contributed by atoms with Crippen LogP contribution in [-0.2, 0) is 11.2 Å². The fourth-order valence-electron chi connectivity index (χ4n) is 4.53. The van der Waals surface area contributed by atoms with Gasteiger partial charge in [-0.25, -0.2) is 14.5 Å². The van der Waals surface area contributed by atoms with Crippen molar-refractivity contribution in [3.8, 4) is 28.6 Å². The van der Waals surface area contributed by atoms with Gasteiger partial charge in [0.1, 0.15) is 17.8 Å². The second kappa shape index (κ2) is 12.8. The summed E-state index contributed by atoms with van der Waals surface area (Å²) >= 11 is 1.21. The Hall–Kier alpha value is -4.85. The zero-order valence-electron chi connectivity index (χ0n) is 23.8. The summed E-state index contributed by atoms with van der Waals surface area (Å²) in [7, 11) is 1.57. The molecule has 1 aliphatic rings. The molecule has 4 aromatic rings. The average Bonchev–Trinajstić information content (AvgIpc) is 3.60. The summed E-state index contributed by atoms with van der Waals surface area (Å²) in [4.78, 5) is 35.3. The molecule has 1 N–H and O–H groups in total. The number of carbonyl (C=O) groups is 2. The third kappa shape index (κ3) is 7.37. The maximum absolute atomic E-state index is 12.8. The van der Waals surface area contributed by atoms with E-state index in [4.69, 9.17) is 4.74 Å². The van der Waals surface area contributed by atoms with E-state index in [9.17, 15) is 22.8 Å². The molecule has 0 aliphatic carbocycles. The minimum Gasteiger partial charge on any atom is -0.497 e. The summed E-state index contributed by atoms with van der Waals surface area (Å²) in [5.41, 5.74) is 3.68. The number of halogens is 3. The molecule has 1 aliphatic heterocycles. The first kappa shape index (κ1) is 30.6. The molecule has 0 radical (unpaired) electrons. The highest BCUT2D eigenvalue weighted by molar-refractivity contribution is 8.15. The Morgan fingerprint density at radius 1 is 1.09 bits per heavy atom. The predicted molar refractivity (Wildman–Crippen MR) is 160 cm³/mol. The van der Waals surface area contributed by atoms with E-state index in [1.165, 1.54) is 51.9 Å². The molecule has 1 fully saturated rings. The molecule has 228 valence electrons. The number of amides is 3. The second-order valence-corrected chi connectivity index (χ2v) is 10.8. The third-order valence-corrected chi connectivity index (χ3v) is 7.48. The Balaban J connectivity index is 1.19. The summed E-state index contributed by atoms with van der Waals surface area (Å²) < 4.78 is 47.8. The number of nitrogens with zero attached hydrogens (tertiary/aromatic N) is 5. The van der Waals surface area contributed by atoms with Gasteiger partial charge in [-0.2, -0.15) is 4.99 Å². The first-order chi connectivity index (χ1) is 21.0. The molecular formula is C30H27F3N6O4S. The van der Waals surface area contributed by atoms with Gasteiger partial charge in [-0.05, 0) is 73.9 Å². The molecule has 10 nitrogen and oxygen atoms in total. The molecule has 2 heterocycles. The SMILES string of the molecule is COc1ccc(N2C(=O)CSC2=NC(=O)NC(C)Cc2ccc(-c3ncn(-c4ccc(OC(F)(F)F)cc4)n3)cc2)c(C)c1. The van der Waals surface area contributed by atoms with Crippen LogP contribution < -0.4 is 19.7 Å². The van der Waals surface area contributed by atoms with Gasteiger partial charge in [0, 0.05) is 11.6 Å². The van der Waals surface area contributed by atoms with Crippen LogP contribution in [0.15, 0.2) is 78.0 Å². The molecule has 1 unspecified atom stereocenters. The van der Waals surface area contributed by atoms with E-state index < -0.39 is 12.4 Å². The van der Waals surface area contributed by atoms with Crippen LogP contribution in [-0.4, -0.2) is 57.1 Å². The van der Waals surface area contributed by atoms with Crippen molar-refractivity contribution in [2.24, 2.45) is 4.99 Å². The maximum Gasteiger partial charge on any atom is 0.573 e. The van der Waals surface area contributed by atoms with Gasteiger partial charge < -0.3 is 14.8 Å². The number of alkyl halides is 3. The van der Waals surface area contributed by atoms with Crippen molar-refractivity contribution >= 4 is 34.6 Å². The summed E-state index contributed by atoms with van der Waals surface area (Å²) in [5, 5.41) is 7.59. The lowest BCUT2D eigenvalue weighted by Crippen LogP contribution is -2.35. The molecule has 3 aromatic carbocycles. The van der Waals surface area contributed by atoms with Gasteiger partial charge >= 0.3 is 12.4 Å². The van der Waals surface area contributed by atoms with Gasteiger partial charge in [-0.15, -0.1) is 18.3 Å². The van der Waals surface area contributed by atoms with Gasteiger partial charge in [0.15, 0.2) is 11.0 Å². The third-order valence-electron chi connectivity index (χ3n) is 6.56. The van der Waals surface area contributed by atoms with Crippen LogP contribution >= 0.6 is 11.8 Å². The Bertz CT molecular complexity index is 1690. The standard InChI is InChI=1S/C30H27F3N6O4S/c1-18-14-24(42-3)12-13-25(18)39-26(40)16-44-29(39)36-28(41)35-19(2)15-20-4-6-21(7-5-20)27-34-17-38(37-27)22-8-10-23(11-9-22)43-30(31,32)33/h4-14,17,19H,15-16H2,1-3H3,(H,35,41). The number of rotatable bonds is 8. The number of carbonyl (C=O) groups excluding carboxylic acids is 2. The molecule has 0 bridgehead atoms. The smallest absolute Gasteiger partial charge is 0.497 e. The number of aromatic nitrogens is 3. The number of urea groups is 1. The van der Waals surface area contributed by atoms with Crippen LogP contribution in [0.25, 0.3) is 17.1 Å². The van der Waals surface area contributed by atoms with Crippen LogP contribution in [0, 0.1) is 6.92 Å². The van der Waals surface area contributed by atoms with Crippen LogP contribution in [0.3, 0.4) is 0 Å². The van der Waals surface area contributed by atoms with Crippen molar-refractivity contribution in [1.82, 2.24) is 20.1 Å². The van der Waals surface area contributed by atoms with Crippen molar-refractivity contribution < 1.29 is 32.2 Å². The highest BCUT2D eigenvalue weighted by Crippen LogP contribution is 2.31. The molecule has 1 atom stereocenters. The Morgan fingerprint density at radius 2 is 1.80 bits per heavy atom. The molecule has 5 rings (SSSR count). The number of anilines is 1. The Labute approximate surface area is 254 Å². The van der Waals surface area contributed by atoms with E-state index in [1.807, 2.05) is 44.2 Å². The van der Waals surface area contributed by atoms with Gasteiger partial charge in [0.2, 0.25) is 5.91 Å². The van der Waals surface area contributed by atoms with E-state index in [1.54, 1.807) is 19.2 Å². The number of ether oxygens (including phenoxy) is 2. The van der Waals surface area contributed by atoms with Crippen molar-refractivity contribution in [2.75, 3.05) is 17.8 Å². The molecule has 14 heteroatoms. The number of hydrogen-bond donors (Lipinski definition) is 1. The van der Waals surface area contributed by atoms with E-state index in [0.717, 1.165) is 16.7 Å². The second-order valence-electron chi connectivity index (χ2n) is 9.87. The first-order valence-electron chi connectivity index (χ1n) is 13.4. The number of benzene rings is 3. The predicted octanol–water partition coefficient (Wildman–Crippen LogP) is 5.93. The lowest BCUT2D eigenvalue weighted by molar-refractivity contribution is -0.274. The van der Waals surface area contributed by atoms with E-state index in [0.29, 0.717) is 34.5 Å². The minimum absolute atomic E-state index is 0.157. The molecule has 0 spiro atoms. The fraction of sp³-hybridized carbons (Fsp3) is 0.233. The van der Waals surface area contributed by atoms with Crippen molar-refractivity contribution in [2.45, 2.75) is 32.7 Å². The molecule has 0 saturated carbocycles. The van der Waals surface area contributed by atoms with Crippen molar-refractivity contribution in [1.29, 1.82) is 0 Å². The summed E-state index contributed by atoms with van der Waals surface area (Å²) in [6.45, 7) is 3.72. The zero-order chi connectivity index (χ0) is 31.4. The molecule has 1 aromatic heterocycles. The lowest BCUT2D eigenvalue weighted by atomic mass is 10.1. The van der Waals surface area contributed by atoms with Crippen molar-refractivity contribution in [3.05, 3.63) is 84.2 Å². The van der Waals surface area contributed by atoms with E-state index >= 15 is 0 Å². The maximum atomic E-state index is 12.8. The normalized spacial score (nSPS) is 15.0. The summed E-state index contributed by atoms with van der Waals surface area (Å²) in [5.74, 6) is 0.811. The number of hydrogen-bond acceptors (Lipinski definition) is 7. The number of nitrogens with one attached hydrogen (secondary N) is 1. The molecule has 1 saturated heterocycles. The van der Waals surface area contributed by atoms with Gasteiger partial charge in [-0.3, -0.25) is 9.69 Å². The summed E-state index contributed by atoms with van der Waals surface area (Å²) in [6.07, 6.45) is -2.77. The Morgan fingerprint density at radius 3 is 2.45 bits per heavy atom. The average molecular weight is 625 g/mol. The van der Waals surface area contributed by atoms with Gasteiger partial charge in [-0.1, -0.05) is 36.0 Å². The number of amidine groups is 1. The van der Waals surface area contributed by atoms with Crippen LogP contribution in [0.1, 0.15) is 18.1 Å². The quantitative estimate of drug-likeness (QED) is 0.259. The topological polar surface area (TPSA) is 111 Å². The van der Waals surface area contributed by atoms with E-state index in [2.05, 4.69) is 25.1 Å². The highest BCUT2D eigenvalue weighted by Gasteiger charge is 2.32.